The van der Waals surface area contributed by atoms with Crippen molar-refractivity contribution >= 4 is 50.9 Å². The van der Waals surface area contributed by atoms with Crippen molar-refractivity contribution in [3.8, 4) is 0 Å². The number of likely N-dealkylation sites (tertiary alicyclic amines) is 1. The van der Waals surface area contributed by atoms with Crippen LogP contribution in [0.3, 0.4) is 0 Å². The minimum atomic E-state index is -3.86. The zero-order valence-electron chi connectivity index (χ0n) is 34.3. The highest BCUT2D eigenvalue weighted by atomic mass is 32.2. The van der Waals surface area contributed by atoms with Gasteiger partial charge in [0.25, 0.3) is 15.9 Å². The number of sulfonamides is 1. The SMILES string of the molecule is C=CCNC(=O)C(=O)C(CC1CC1)NC(=O)[C@@H]1[C@@H]2[C@H](CN1C(=O)[C@@H](NC(=O)N[C@H](CN(C)S(=O)(=O)c1sc(C)nc1C)C1CCCCC1)C1CCCCC1)C2(C)C. The maximum Gasteiger partial charge on any atom is 0.315 e. The highest BCUT2D eigenvalue weighted by molar-refractivity contribution is 7.91. The van der Waals surface area contributed by atoms with Gasteiger partial charge in [-0.3, -0.25) is 19.2 Å². The number of piperidine rings is 1. The molecule has 4 aliphatic carbocycles. The molecule has 6 atom stereocenters. The van der Waals surface area contributed by atoms with E-state index in [1.807, 2.05) is 0 Å². The Balaban J connectivity index is 1.21. The van der Waals surface area contributed by atoms with Crippen LogP contribution in [-0.4, -0.2) is 103 Å². The van der Waals surface area contributed by atoms with E-state index < -0.39 is 57.8 Å². The molecule has 1 aliphatic heterocycles. The monoisotopic (exact) mass is 829 g/mol. The molecule has 5 amide bonds. The second-order valence-electron chi connectivity index (χ2n) is 17.9. The van der Waals surface area contributed by atoms with Crippen molar-refractivity contribution in [2.75, 3.05) is 26.7 Å². The molecule has 16 heteroatoms. The van der Waals surface area contributed by atoms with Crippen molar-refractivity contribution in [2.45, 2.75) is 140 Å². The predicted molar refractivity (Wildman–Crippen MR) is 218 cm³/mol. The van der Waals surface area contributed by atoms with Crippen LogP contribution in [0.5, 0.6) is 0 Å². The average Bonchev–Trinajstić information content (AvgIpc) is 3.98. The molecule has 1 saturated heterocycles. The van der Waals surface area contributed by atoms with Crippen molar-refractivity contribution in [1.82, 2.24) is 35.5 Å². The van der Waals surface area contributed by atoms with E-state index in [1.54, 1.807) is 18.7 Å². The van der Waals surface area contributed by atoms with E-state index in [-0.39, 0.29) is 58.2 Å². The van der Waals surface area contributed by atoms with E-state index in [9.17, 15) is 32.4 Å². The number of rotatable bonds is 17. The fourth-order valence-corrected chi connectivity index (χ4v) is 12.8. The number of hydrogen-bond acceptors (Lipinski definition) is 9. The molecule has 4 N–H and O–H groups in total. The predicted octanol–water partition coefficient (Wildman–Crippen LogP) is 4.22. The van der Waals surface area contributed by atoms with Crippen molar-refractivity contribution in [1.29, 1.82) is 0 Å². The van der Waals surface area contributed by atoms with Crippen molar-refractivity contribution in [3.05, 3.63) is 23.4 Å². The Labute approximate surface area is 342 Å². The average molecular weight is 830 g/mol. The molecule has 0 spiro atoms. The number of aryl methyl sites for hydroxylation is 2. The van der Waals surface area contributed by atoms with Gasteiger partial charge in [0.15, 0.2) is 4.21 Å². The number of ketones is 1. The molecule has 5 aliphatic rings. The van der Waals surface area contributed by atoms with Crippen LogP contribution in [0.2, 0.25) is 0 Å². The largest absolute Gasteiger partial charge is 0.346 e. The summed E-state index contributed by atoms with van der Waals surface area (Å²) in [4.78, 5) is 75.3. The van der Waals surface area contributed by atoms with Crippen LogP contribution < -0.4 is 21.3 Å². The normalized spacial score (nSPS) is 25.2. The number of carbonyl (C=O) groups is 5. The fourth-order valence-electron chi connectivity index (χ4n) is 9.90. The van der Waals surface area contributed by atoms with Gasteiger partial charge in [0.05, 0.1) is 16.7 Å². The van der Waals surface area contributed by atoms with E-state index in [1.165, 1.54) is 17.4 Å². The van der Waals surface area contributed by atoms with Crippen molar-refractivity contribution < 1.29 is 32.4 Å². The summed E-state index contributed by atoms with van der Waals surface area (Å²) in [5.74, 6) is -2.15. The Hall–Kier alpha value is -3.37. The summed E-state index contributed by atoms with van der Waals surface area (Å²) in [6, 6.07) is -3.78. The number of aromatic nitrogens is 1. The van der Waals surface area contributed by atoms with E-state index >= 15 is 0 Å². The first-order chi connectivity index (χ1) is 27.0. The van der Waals surface area contributed by atoms with Crippen LogP contribution >= 0.6 is 11.3 Å². The minimum Gasteiger partial charge on any atom is -0.346 e. The van der Waals surface area contributed by atoms with Crippen LogP contribution in [-0.2, 0) is 29.2 Å². The number of nitrogens with zero attached hydrogens (tertiary/aromatic N) is 3. The number of likely N-dealkylation sites (N-methyl/N-ethyl adjacent to an activating group) is 1. The number of fused-ring (bicyclic) bond motifs is 1. The number of hydrogen-bond donors (Lipinski definition) is 4. The van der Waals surface area contributed by atoms with Crippen LogP contribution in [0.15, 0.2) is 16.9 Å². The Bertz CT molecular complexity index is 1800. The van der Waals surface area contributed by atoms with Gasteiger partial charge in [0.1, 0.15) is 12.1 Å². The molecule has 0 radical (unpaired) electrons. The lowest BCUT2D eigenvalue weighted by atomic mass is 9.82. The topological polar surface area (TPSA) is 187 Å². The number of carbonyl (C=O) groups excluding carboxylic acids is 5. The third-order valence-corrected chi connectivity index (χ3v) is 16.9. The summed E-state index contributed by atoms with van der Waals surface area (Å²) in [5, 5.41) is 12.3. The lowest BCUT2D eigenvalue weighted by molar-refractivity contribution is -0.144. The molecule has 1 aromatic rings. The summed E-state index contributed by atoms with van der Waals surface area (Å²) in [6.45, 7) is 11.8. The lowest BCUT2D eigenvalue weighted by Gasteiger charge is -2.38. The second-order valence-corrected chi connectivity index (χ2v) is 21.3. The number of thiazole rings is 1. The van der Waals surface area contributed by atoms with Crippen LogP contribution in [0.4, 0.5) is 4.79 Å². The molecule has 5 fully saturated rings. The molecular weight excluding hydrogens is 767 g/mol. The Morgan fingerprint density at radius 3 is 2.16 bits per heavy atom. The number of amides is 5. The maximum atomic E-state index is 14.9. The molecule has 316 valence electrons. The van der Waals surface area contributed by atoms with E-state index in [0.717, 1.165) is 88.4 Å². The van der Waals surface area contributed by atoms with Gasteiger partial charge >= 0.3 is 6.03 Å². The third kappa shape index (κ3) is 9.75. The summed E-state index contributed by atoms with van der Waals surface area (Å²) < 4.78 is 29.0. The van der Waals surface area contributed by atoms with Gasteiger partial charge in [-0.15, -0.1) is 17.9 Å². The molecule has 0 aromatic carbocycles. The number of Topliss-reactive ketones (excluding diaryl/α,β-unsaturated/α-hetero) is 1. The molecule has 14 nitrogen and oxygen atoms in total. The summed E-state index contributed by atoms with van der Waals surface area (Å²) in [7, 11) is -2.33. The van der Waals surface area contributed by atoms with E-state index in [0.29, 0.717) is 23.7 Å². The third-order valence-electron chi connectivity index (χ3n) is 13.5. The Morgan fingerprint density at radius 2 is 1.58 bits per heavy atom. The summed E-state index contributed by atoms with van der Waals surface area (Å²) in [5.41, 5.74) is 0.254. The molecule has 6 rings (SSSR count). The van der Waals surface area contributed by atoms with Gasteiger partial charge in [0.2, 0.25) is 17.6 Å². The van der Waals surface area contributed by atoms with E-state index in [2.05, 4.69) is 46.7 Å². The van der Waals surface area contributed by atoms with Gasteiger partial charge in [-0.05, 0) is 81.0 Å². The highest BCUT2D eigenvalue weighted by Crippen LogP contribution is 2.65. The molecule has 0 bridgehead atoms. The van der Waals surface area contributed by atoms with Crippen LogP contribution in [0.1, 0.15) is 108 Å². The lowest BCUT2D eigenvalue weighted by Crippen LogP contribution is -2.61. The molecule has 4 saturated carbocycles. The molecular formula is C41H63N7O7S2. The molecule has 1 aromatic heterocycles. The van der Waals surface area contributed by atoms with Gasteiger partial charge in [-0.25, -0.2) is 18.2 Å². The first kappa shape index (κ1) is 43.2. The minimum absolute atomic E-state index is 0.0569. The van der Waals surface area contributed by atoms with Gasteiger partial charge in [0, 0.05) is 32.7 Å². The zero-order valence-corrected chi connectivity index (χ0v) is 35.9. The van der Waals surface area contributed by atoms with Gasteiger partial charge in [-0.1, -0.05) is 71.3 Å². The van der Waals surface area contributed by atoms with Crippen molar-refractivity contribution in [2.24, 2.45) is 35.0 Å². The Morgan fingerprint density at radius 1 is 0.947 bits per heavy atom. The smallest absolute Gasteiger partial charge is 0.315 e. The van der Waals surface area contributed by atoms with E-state index in [4.69, 9.17) is 0 Å². The summed E-state index contributed by atoms with van der Waals surface area (Å²) in [6.07, 6.45) is 12.8. The first-order valence-corrected chi connectivity index (χ1v) is 23.3. The quantitative estimate of drug-likeness (QED) is 0.133. The first-order valence-electron chi connectivity index (χ1n) is 21.1. The maximum absolute atomic E-state index is 14.9. The number of urea groups is 1. The van der Waals surface area contributed by atoms with Crippen LogP contribution in [0, 0.1) is 48.9 Å². The Kier molecular flexibility index (Phi) is 13.5. The summed E-state index contributed by atoms with van der Waals surface area (Å²) >= 11 is 1.14. The fraction of sp³-hybridized carbons (Fsp3) is 0.756. The molecule has 57 heavy (non-hydrogen) atoms. The van der Waals surface area contributed by atoms with Gasteiger partial charge < -0.3 is 26.2 Å². The standard InChI is InChI=1S/C41H63N7O7S2/c1-7-20-42-37(51)35(49)30(21-26-18-19-26)44-36(50)34-32-29(41(32,4)5)22-48(34)38(52)33(28-16-12-9-13-17-28)46-40(53)45-31(27-14-10-8-11-15-27)23-47(6)57(54,55)39-24(2)43-25(3)56-39/h7,26-34H,1,8-23H2,2-6H3,(H,42,51)(H,44,50)(H2,45,46,53)/t29-,30?,31+,32-,33-,34-/m0/s1. The highest BCUT2D eigenvalue weighted by Gasteiger charge is 2.70. The van der Waals surface area contributed by atoms with Gasteiger partial charge in [-0.2, -0.15) is 4.31 Å². The molecule has 2 heterocycles. The zero-order chi connectivity index (χ0) is 41.2. The number of nitrogens with one attached hydrogen (secondary N) is 4. The second kappa shape index (κ2) is 17.9. The van der Waals surface area contributed by atoms with Crippen molar-refractivity contribution in [3.63, 3.8) is 0 Å². The van der Waals surface area contributed by atoms with Crippen LogP contribution in [0.25, 0.3) is 0 Å². The molecule has 1 unspecified atom stereocenters.